The van der Waals surface area contributed by atoms with Gasteiger partial charge in [0.2, 0.25) is 0 Å². The fourth-order valence-electron chi connectivity index (χ4n) is 3.34. The van der Waals surface area contributed by atoms with Gasteiger partial charge in [0.1, 0.15) is 0 Å². The van der Waals surface area contributed by atoms with Crippen LogP contribution in [0.15, 0.2) is 65.9 Å². The van der Waals surface area contributed by atoms with Crippen LogP contribution < -0.4 is 5.32 Å². The molecule has 29 heavy (non-hydrogen) atoms. The van der Waals surface area contributed by atoms with Gasteiger partial charge >= 0.3 is 12.0 Å². The van der Waals surface area contributed by atoms with Crippen molar-refractivity contribution < 1.29 is 19.2 Å². The summed E-state index contributed by atoms with van der Waals surface area (Å²) in [7, 11) is 0. The number of nitrogens with one attached hydrogen (secondary N) is 1. The highest BCUT2D eigenvalue weighted by molar-refractivity contribution is 5.95. The van der Waals surface area contributed by atoms with Crippen LogP contribution in [-0.2, 0) is 16.1 Å². The van der Waals surface area contributed by atoms with E-state index in [9.17, 15) is 19.7 Å². The monoisotopic (exact) mass is 395 g/mol. The molecule has 0 spiro atoms. The third kappa shape index (κ3) is 4.11. The molecule has 0 fully saturated rings. The number of nitro benzene ring substituents is 1. The van der Waals surface area contributed by atoms with Crippen molar-refractivity contribution in [2.24, 2.45) is 0 Å². The van der Waals surface area contributed by atoms with E-state index in [1.807, 2.05) is 30.3 Å². The number of nitro groups is 1. The molecule has 0 unspecified atom stereocenters. The lowest BCUT2D eigenvalue weighted by Crippen LogP contribution is -2.47. The quantitative estimate of drug-likeness (QED) is 0.456. The van der Waals surface area contributed by atoms with Gasteiger partial charge in [-0.05, 0) is 25.5 Å². The van der Waals surface area contributed by atoms with Crippen LogP contribution in [0.3, 0.4) is 0 Å². The number of nitrogens with zero attached hydrogens (tertiary/aromatic N) is 2. The van der Waals surface area contributed by atoms with Crippen LogP contribution in [0.4, 0.5) is 10.5 Å². The number of rotatable bonds is 6. The van der Waals surface area contributed by atoms with Crippen LogP contribution in [0.5, 0.6) is 0 Å². The third-order valence-corrected chi connectivity index (χ3v) is 4.72. The first-order valence-electron chi connectivity index (χ1n) is 9.17. The highest BCUT2D eigenvalue weighted by atomic mass is 16.6. The third-order valence-electron chi connectivity index (χ3n) is 4.72. The Morgan fingerprint density at radius 1 is 1.17 bits per heavy atom. The van der Waals surface area contributed by atoms with Crippen LogP contribution in [0.1, 0.15) is 31.0 Å². The van der Waals surface area contributed by atoms with Crippen molar-refractivity contribution in [3.8, 4) is 0 Å². The summed E-state index contributed by atoms with van der Waals surface area (Å²) in [6.45, 7) is 3.73. The zero-order valence-corrected chi connectivity index (χ0v) is 16.1. The summed E-state index contributed by atoms with van der Waals surface area (Å²) in [5, 5.41) is 14.2. The van der Waals surface area contributed by atoms with E-state index in [0.29, 0.717) is 5.70 Å². The average molecular weight is 395 g/mol. The molecule has 1 aliphatic rings. The van der Waals surface area contributed by atoms with Gasteiger partial charge < -0.3 is 10.1 Å². The number of benzene rings is 2. The number of urea groups is 1. The molecule has 0 bridgehead atoms. The predicted octanol–water partition coefficient (Wildman–Crippen LogP) is 3.70. The molecule has 2 amide bonds. The van der Waals surface area contributed by atoms with Gasteiger partial charge in [-0.3, -0.25) is 15.0 Å². The van der Waals surface area contributed by atoms with Crippen molar-refractivity contribution >= 4 is 17.7 Å². The second-order valence-corrected chi connectivity index (χ2v) is 6.49. The number of carbonyl (C=O) groups is 2. The van der Waals surface area contributed by atoms with E-state index < -0.39 is 23.0 Å². The van der Waals surface area contributed by atoms with Crippen LogP contribution >= 0.6 is 0 Å². The molecule has 0 radical (unpaired) electrons. The van der Waals surface area contributed by atoms with Crippen molar-refractivity contribution in [2.45, 2.75) is 26.4 Å². The molecular formula is C21H21N3O5. The molecule has 8 nitrogen and oxygen atoms in total. The van der Waals surface area contributed by atoms with Gasteiger partial charge in [0.05, 0.1) is 35.3 Å². The van der Waals surface area contributed by atoms with Crippen molar-refractivity contribution in [3.63, 3.8) is 0 Å². The molecule has 1 atom stereocenters. The second kappa shape index (κ2) is 8.55. The largest absolute Gasteiger partial charge is 0.463 e. The zero-order chi connectivity index (χ0) is 21.0. The zero-order valence-electron chi connectivity index (χ0n) is 16.1. The molecule has 1 heterocycles. The molecule has 0 aromatic heterocycles. The molecule has 0 aliphatic carbocycles. The van der Waals surface area contributed by atoms with Crippen molar-refractivity contribution in [1.29, 1.82) is 0 Å². The van der Waals surface area contributed by atoms with E-state index in [4.69, 9.17) is 4.74 Å². The van der Waals surface area contributed by atoms with E-state index in [2.05, 4.69) is 5.32 Å². The van der Waals surface area contributed by atoms with Gasteiger partial charge in [0.25, 0.3) is 5.69 Å². The van der Waals surface area contributed by atoms with E-state index in [0.717, 1.165) is 5.56 Å². The van der Waals surface area contributed by atoms with E-state index in [1.165, 1.54) is 23.1 Å². The van der Waals surface area contributed by atoms with Crippen LogP contribution in [-0.4, -0.2) is 28.4 Å². The summed E-state index contributed by atoms with van der Waals surface area (Å²) >= 11 is 0. The molecule has 8 heteroatoms. The Bertz CT molecular complexity index is 971. The van der Waals surface area contributed by atoms with E-state index in [-0.39, 0.29) is 30.0 Å². The Kier molecular flexibility index (Phi) is 5.92. The first kappa shape index (κ1) is 20.1. The standard InChI is InChI=1S/C21H21N3O5/c1-3-29-20(25)18-14(2)23(13-15-9-5-4-6-10-15)21(26)22-19(18)16-11-7-8-12-17(16)24(27)28/h4-12,19H,3,13H2,1-2H3,(H,22,26)/t19-/m1/s1. The fourth-order valence-corrected chi connectivity index (χ4v) is 3.34. The van der Waals surface area contributed by atoms with E-state index in [1.54, 1.807) is 19.9 Å². The lowest BCUT2D eigenvalue weighted by atomic mass is 9.93. The van der Waals surface area contributed by atoms with Crippen molar-refractivity contribution in [3.05, 3.63) is 87.1 Å². The highest BCUT2D eigenvalue weighted by Gasteiger charge is 2.39. The SMILES string of the molecule is CCOC(=O)C1=C(C)N(Cc2ccccc2)C(=O)N[C@@H]1c1ccccc1[N+](=O)[O-]. The smallest absolute Gasteiger partial charge is 0.338 e. The minimum Gasteiger partial charge on any atom is -0.463 e. The molecule has 3 rings (SSSR count). The Labute approximate surface area is 167 Å². The molecule has 2 aromatic rings. The summed E-state index contributed by atoms with van der Waals surface area (Å²) in [5.74, 6) is -0.619. The Hall–Kier alpha value is -3.68. The Morgan fingerprint density at radius 2 is 1.83 bits per heavy atom. The van der Waals surface area contributed by atoms with Crippen LogP contribution in [0, 0.1) is 10.1 Å². The van der Waals surface area contributed by atoms with E-state index >= 15 is 0 Å². The number of hydrogen-bond donors (Lipinski definition) is 1. The maximum atomic E-state index is 12.9. The Balaban J connectivity index is 2.10. The Morgan fingerprint density at radius 3 is 2.48 bits per heavy atom. The van der Waals surface area contributed by atoms with Gasteiger partial charge in [-0.1, -0.05) is 42.5 Å². The van der Waals surface area contributed by atoms with Crippen molar-refractivity contribution in [1.82, 2.24) is 10.2 Å². The van der Waals surface area contributed by atoms with Crippen molar-refractivity contribution in [2.75, 3.05) is 6.61 Å². The molecule has 0 saturated heterocycles. The topological polar surface area (TPSA) is 102 Å². The molecule has 1 N–H and O–H groups in total. The molecule has 2 aromatic carbocycles. The fraction of sp³-hybridized carbons (Fsp3) is 0.238. The maximum Gasteiger partial charge on any atom is 0.338 e. The molecule has 150 valence electrons. The highest BCUT2D eigenvalue weighted by Crippen LogP contribution is 2.36. The number of amides is 2. The second-order valence-electron chi connectivity index (χ2n) is 6.49. The number of para-hydroxylation sites is 1. The van der Waals surface area contributed by atoms with Gasteiger partial charge in [0, 0.05) is 11.8 Å². The molecular weight excluding hydrogens is 374 g/mol. The number of hydrogen-bond acceptors (Lipinski definition) is 5. The summed E-state index contributed by atoms with van der Waals surface area (Å²) in [4.78, 5) is 38.0. The predicted molar refractivity (Wildman–Crippen MR) is 106 cm³/mol. The minimum atomic E-state index is -0.977. The normalized spacial score (nSPS) is 16.4. The number of esters is 1. The summed E-state index contributed by atoms with van der Waals surface area (Å²) in [5.41, 5.74) is 1.52. The maximum absolute atomic E-state index is 12.9. The first-order chi connectivity index (χ1) is 13.9. The van der Waals surface area contributed by atoms with Crippen LogP contribution in [0.25, 0.3) is 0 Å². The molecule has 1 aliphatic heterocycles. The number of ether oxygens (including phenoxy) is 1. The lowest BCUT2D eigenvalue weighted by Gasteiger charge is -2.35. The summed E-state index contributed by atoms with van der Waals surface area (Å²) in [6, 6.07) is 14.0. The average Bonchev–Trinajstić information content (AvgIpc) is 2.71. The summed E-state index contributed by atoms with van der Waals surface area (Å²) < 4.78 is 5.19. The first-order valence-corrected chi connectivity index (χ1v) is 9.17. The molecule has 0 saturated carbocycles. The number of carbonyl (C=O) groups excluding carboxylic acids is 2. The van der Waals surface area contributed by atoms with Crippen LogP contribution in [0.2, 0.25) is 0 Å². The minimum absolute atomic E-state index is 0.145. The lowest BCUT2D eigenvalue weighted by molar-refractivity contribution is -0.385. The summed E-state index contributed by atoms with van der Waals surface area (Å²) in [6.07, 6.45) is 0. The number of allylic oxidation sites excluding steroid dienone is 1. The van der Waals surface area contributed by atoms with Gasteiger partial charge in [0.15, 0.2) is 0 Å². The van der Waals surface area contributed by atoms with Gasteiger partial charge in [-0.25, -0.2) is 9.59 Å². The van der Waals surface area contributed by atoms with Gasteiger partial charge in [-0.2, -0.15) is 0 Å². The van der Waals surface area contributed by atoms with Gasteiger partial charge in [-0.15, -0.1) is 0 Å².